The van der Waals surface area contributed by atoms with E-state index in [1.807, 2.05) is 18.1 Å². The number of carbonyl (C=O) groups excluding carboxylic acids is 1. The van der Waals surface area contributed by atoms with Crippen molar-refractivity contribution < 1.29 is 4.79 Å². The van der Waals surface area contributed by atoms with E-state index in [0.29, 0.717) is 11.5 Å². The van der Waals surface area contributed by atoms with Crippen LogP contribution in [0.25, 0.3) is 0 Å². The summed E-state index contributed by atoms with van der Waals surface area (Å²) >= 11 is 0. The minimum absolute atomic E-state index is 0.0694. The predicted molar refractivity (Wildman–Crippen MR) is 74.4 cm³/mol. The van der Waals surface area contributed by atoms with Crippen LogP contribution in [-0.2, 0) is 7.05 Å². The number of aromatic nitrogens is 4. The van der Waals surface area contributed by atoms with Crippen molar-refractivity contribution in [2.24, 2.45) is 7.05 Å². The molecule has 6 heteroatoms. The van der Waals surface area contributed by atoms with E-state index in [1.54, 1.807) is 17.1 Å². The van der Waals surface area contributed by atoms with Gasteiger partial charge in [-0.25, -0.2) is 0 Å². The Labute approximate surface area is 117 Å². The molecule has 0 bridgehead atoms. The number of aromatic amines is 1. The van der Waals surface area contributed by atoms with Crippen LogP contribution >= 0.6 is 0 Å². The van der Waals surface area contributed by atoms with Crippen molar-refractivity contribution in [3.05, 3.63) is 35.4 Å². The van der Waals surface area contributed by atoms with Crippen LogP contribution < -0.4 is 0 Å². The molecule has 0 radical (unpaired) electrons. The van der Waals surface area contributed by atoms with E-state index in [-0.39, 0.29) is 5.91 Å². The van der Waals surface area contributed by atoms with E-state index in [0.717, 1.165) is 31.6 Å². The Hall–Kier alpha value is -2.11. The number of aryl methyl sites for hydroxylation is 2. The van der Waals surface area contributed by atoms with Gasteiger partial charge in [-0.2, -0.15) is 10.2 Å². The molecule has 1 aliphatic heterocycles. The highest BCUT2D eigenvalue weighted by atomic mass is 16.2. The normalized spacial score (nSPS) is 19.3. The van der Waals surface area contributed by atoms with Crippen LogP contribution in [0.4, 0.5) is 0 Å². The number of amides is 1. The van der Waals surface area contributed by atoms with Crippen molar-refractivity contribution >= 4 is 5.91 Å². The minimum Gasteiger partial charge on any atom is -0.338 e. The van der Waals surface area contributed by atoms with E-state index in [9.17, 15) is 4.79 Å². The van der Waals surface area contributed by atoms with Crippen molar-refractivity contribution in [3.8, 4) is 0 Å². The van der Waals surface area contributed by atoms with Gasteiger partial charge in [-0.05, 0) is 25.3 Å². The summed E-state index contributed by atoms with van der Waals surface area (Å²) in [7, 11) is 1.82. The molecule has 1 N–H and O–H groups in total. The second-order valence-electron chi connectivity index (χ2n) is 5.46. The number of nitrogens with one attached hydrogen (secondary N) is 1. The van der Waals surface area contributed by atoms with Gasteiger partial charge in [0.1, 0.15) is 0 Å². The van der Waals surface area contributed by atoms with E-state index in [1.165, 1.54) is 5.56 Å². The number of carbonyl (C=O) groups is 1. The van der Waals surface area contributed by atoms with E-state index < -0.39 is 0 Å². The van der Waals surface area contributed by atoms with Gasteiger partial charge < -0.3 is 4.90 Å². The average molecular weight is 273 g/mol. The first-order valence-corrected chi connectivity index (χ1v) is 6.93. The second kappa shape index (κ2) is 5.11. The largest absolute Gasteiger partial charge is 0.338 e. The fourth-order valence-corrected chi connectivity index (χ4v) is 2.88. The number of rotatable bonds is 2. The number of nitrogens with zero attached hydrogens (tertiary/aromatic N) is 4. The highest BCUT2D eigenvalue weighted by Gasteiger charge is 2.27. The third-order valence-electron chi connectivity index (χ3n) is 3.94. The Morgan fingerprint density at radius 2 is 2.30 bits per heavy atom. The molecule has 2 aromatic rings. The Bertz CT molecular complexity index is 615. The molecule has 3 heterocycles. The van der Waals surface area contributed by atoms with Crippen LogP contribution in [0.2, 0.25) is 0 Å². The molecule has 0 spiro atoms. The summed E-state index contributed by atoms with van der Waals surface area (Å²) in [6.07, 6.45) is 7.37. The zero-order chi connectivity index (χ0) is 14.1. The van der Waals surface area contributed by atoms with Gasteiger partial charge in [0.05, 0.1) is 18.0 Å². The molecule has 3 rings (SSSR count). The fraction of sp³-hybridized carbons (Fsp3) is 0.500. The fourth-order valence-electron chi connectivity index (χ4n) is 2.88. The summed E-state index contributed by atoms with van der Waals surface area (Å²) in [5.74, 6) is 0.423. The molecule has 1 amide bonds. The topological polar surface area (TPSA) is 66.8 Å². The maximum Gasteiger partial charge on any atom is 0.257 e. The quantitative estimate of drug-likeness (QED) is 0.901. The summed E-state index contributed by atoms with van der Waals surface area (Å²) < 4.78 is 1.66. The molecule has 0 saturated carbocycles. The molecule has 1 aliphatic rings. The van der Waals surface area contributed by atoms with Gasteiger partial charge in [0.25, 0.3) is 5.91 Å². The first-order valence-electron chi connectivity index (χ1n) is 6.93. The van der Waals surface area contributed by atoms with E-state index in [2.05, 4.69) is 22.2 Å². The lowest BCUT2D eigenvalue weighted by Gasteiger charge is -2.32. The molecule has 1 atom stereocenters. The van der Waals surface area contributed by atoms with Gasteiger partial charge in [0.2, 0.25) is 0 Å². The average Bonchev–Trinajstić information content (AvgIpc) is 3.07. The van der Waals surface area contributed by atoms with Crippen LogP contribution in [0.5, 0.6) is 0 Å². The number of piperidine rings is 1. The molecular weight excluding hydrogens is 254 g/mol. The summed E-state index contributed by atoms with van der Waals surface area (Å²) in [5.41, 5.74) is 2.99. The van der Waals surface area contributed by atoms with Gasteiger partial charge in [0, 0.05) is 37.9 Å². The monoisotopic (exact) mass is 273 g/mol. The molecule has 20 heavy (non-hydrogen) atoms. The lowest BCUT2D eigenvalue weighted by atomic mass is 9.92. The number of likely N-dealkylation sites (tertiary alicyclic amines) is 1. The Morgan fingerprint density at radius 3 is 2.95 bits per heavy atom. The molecule has 2 aromatic heterocycles. The summed E-state index contributed by atoms with van der Waals surface area (Å²) in [6, 6.07) is 0. The van der Waals surface area contributed by atoms with Crippen molar-refractivity contribution in [3.63, 3.8) is 0 Å². The maximum absolute atomic E-state index is 12.5. The highest BCUT2D eigenvalue weighted by Crippen LogP contribution is 2.28. The molecule has 1 fully saturated rings. The van der Waals surface area contributed by atoms with Crippen LogP contribution in [0.3, 0.4) is 0 Å². The van der Waals surface area contributed by atoms with E-state index >= 15 is 0 Å². The minimum atomic E-state index is 0.0694. The molecule has 0 aliphatic carbocycles. The van der Waals surface area contributed by atoms with Gasteiger partial charge in [-0.3, -0.25) is 14.6 Å². The SMILES string of the molecule is Cc1cn[nH]c1C1CCCN(C(=O)c2cnn(C)c2)C1. The Morgan fingerprint density at radius 1 is 1.45 bits per heavy atom. The summed E-state index contributed by atoms with van der Waals surface area (Å²) in [5, 5.41) is 11.2. The second-order valence-corrected chi connectivity index (χ2v) is 5.46. The zero-order valence-corrected chi connectivity index (χ0v) is 11.8. The number of hydrogen-bond donors (Lipinski definition) is 1. The Balaban J connectivity index is 1.75. The highest BCUT2D eigenvalue weighted by molar-refractivity contribution is 5.93. The first-order chi connectivity index (χ1) is 9.65. The third-order valence-corrected chi connectivity index (χ3v) is 3.94. The molecule has 106 valence electrons. The van der Waals surface area contributed by atoms with Crippen LogP contribution in [0.1, 0.15) is 40.4 Å². The number of H-pyrrole nitrogens is 1. The first kappa shape index (κ1) is 12.9. The van der Waals surface area contributed by atoms with Crippen LogP contribution in [-0.4, -0.2) is 43.9 Å². The van der Waals surface area contributed by atoms with Crippen LogP contribution in [0.15, 0.2) is 18.6 Å². The summed E-state index contributed by atoms with van der Waals surface area (Å²) in [6.45, 7) is 3.62. The maximum atomic E-state index is 12.5. The molecule has 1 unspecified atom stereocenters. The van der Waals surface area contributed by atoms with Crippen molar-refractivity contribution in [2.75, 3.05) is 13.1 Å². The lowest BCUT2D eigenvalue weighted by molar-refractivity contribution is 0.0705. The third kappa shape index (κ3) is 2.33. The molecular formula is C14H19N5O. The van der Waals surface area contributed by atoms with Crippen LogP contribution in [0, 0.1) is 6.92 Å². The van der Waals surface area contributed by atoms with Gasteiger partial charge in [0.15, 0.2) is 0 Å². The van der Waals surface area contributed by atoms with Crippen molar-refractivity contribution in [1.29, 1.82) is 0 Å². The van der Waals surface area contributed by atoms with Crippen molar-refractivity contribution in [2.45, 2.75) is 25.7 Å². The van der Waals surface area contributed by atoms with Gasteiger partial charge in [-0.15, -0.1) is 0 Å². The smallest absolute Gasteiger partial charge is 0.257 e. The molecule has 0 aromatic carbocycles. The molecule has 6 nitrogen and oxygen atoms in total. The predicted octanol–water partition coefficient (Wildman–Crippen LogP) is 1.47. The molecule has 1 saturated heterocycles. The van der Waals surface area contributed by atoms with E-state index in [4.69, 9.17) is 0 Å². The Kier molecular flexibility index (Phi) is 3.30. The van der Waals surface area contributed by atoms with Gasteiger partial charge in [-0.1, -0.05) is 0 Å². The van der Waals surface area contributed by atoms with Gasteiger partial charge >= 0.3 is 0 Å². The zero-order valence-electron chi connectivity index (χ0n) is 11.8. The standard InChI is InChI=1S/C14H19N5O/c1-10-6-15-17-13(10)11-4-3-5-19(9-11)14(20)12-7-16-18(2)8-12/h6-8,11H,3-5,9H2,1-2H3,(H,15,17). The van der Waals surface area contributed by atoms with Crippen molar-refractivity contribution in [1.82, 2.24) is 24.9 Å². The summed E-state index contributed by atoms with van der Waals surface area (Å²) in [4.78, 5) is 14.4. The number of hydrogen-bond acceptors (Lipinski definition) is 3. The lowest BCUT2D eigenvalue weighted by Crippen LogP contribution is -2.39.